The molecule has 0 spiro atoms. The van der Waals surface area contributed by atoms with Gasteiger partial charge in [-0.25, -0.2) is 9.13 Å². The smallest absolute Gasteiger partial charge is 0.463 e. The summed E-state index contributed by atoms with van der Waals surface area (Å²) < 4.78 is 60.9. The molecule has 16 nitrogen and oxygen atoms in total. The summed E-state index contributed by atoms with van der Waals surface area (Å²) in [6, 6.07) is 0. The molecule has 0 bridgehead atoms. The van der Waals surface area contributed by atoms with Gasteiger partial charge < -0.3 is 34.2 Å². The van der Waals surface area contributed by atoms with E-state index in [1.165, 1.54) is 128 Å². The second kappa shape index (κ2) is 68.7. The fourth-order valence-electron chi connectivity index (χ4n) is 9.91. The third-order valence-electron chi connectivity index (χ3n) is 15.6. The Kier molecular flexibility index (Phi) is 66.2. The van der Waals surface area contributed by atoms with Gasteiger partial charge in [-0.05, 0) is 103 Å². The third kappa shape index (κ3) is 69.9. The van der Waals surface area contributed by atoms with Crippen molar-refractivity contribution in [2.24, 2.45) is 0 Å². The topological polar surface area (TPSA) is 231 Å². The van der Waals surface area contributed by atoms with Crippen molar-refractivity contribution in [1.82, 2.24) is 0 Å². The van der Waals surface area contributed by atoms with Gasteiger partial charge in [0.2, 0.25) is 0 Å². The van der Waals surface area contributed by atoms with Crippen LogP contribution in [0.3, 0.4) is 0 Å². The van der Waals surface area contributed by atoms with Crippen LogP contribution in [0, 0.1) is 0 Å². The SMILES string of the molecule is CCCCC/C=C\C/C=C\C/C=C\C/C=C\CCCCCCCCCCCCCC(=O)OCC(O)COP(=O)(O)OCC(O)COP(=O)(O)OCC(COC(=O)CCCCCCCC/C=C\C/C=C\C/C=C\CCCCC)OC(=O)CCCCCCCCCCCCC. The summed E-state index contributed by atoms with van der Waals surface area (Å²) >= 11 is 0. The molecule has 0 saturated carbocycles. The van der Waals surface area contributed by atoms with Crippen LogP contribution in [-0.2, 0) is 55.8 Å². The van der Waals surface area contributed by atoms with E-state index in [4.69, 9.17) is 32.3 Å². The van der Waals surface area contributed by atoms with Crippen LogP contribution >= 0.6 is 15.6 Å². The van der Waals surface area contributed by atoms with Gasteiger partial charge in [0.1, 0.15) is 25.4 Å². The summed E-state index contributed by atoms with van der Waals surface area (Å²) in [6.07, 6.45) is 75.0. The van der Waals surface area contributed by atoms with Crippen molar-refractivity contribution in [1.29, 1.82) is 0 Å². The molecule has 93 heavy (non-hydrogen) atoms. The van der Waals surface area contributed by atoms with Crippen molar-refractivity contribution in [2.75, 3.05) is 39.6 Å². The van der Waals surface area contributed by atoms with Crippen molar-refractivity contribution in [3.05, 3.63) is 85.1 Å². The van der Waals surface area contributed by atoms with E-state index in [0.29, 0.717) is 19.3 Å². The first kappa shape index (κ1) is 89.7. The van der Waals surface area contributed by atoms with E-state index < -0.39 is 91.5 Å². The number of phosphoric ester groups is 2. The molecular formula is C75H134O16P2. The van der Waals surface area contributed by atoms with Crippen LogP contribution in [0.4, 0.5) is 0 Å². The van der Waals surface area contributed by atoms with E-state index in [-0.39, 0.29) is 19.3 Å². The van der Waals surface area contributed by atoms with Crippen molar-refractivity contribution in [2.45, 2.75) is 334 Å². The van der Waals surface area contributed by atoms with Gasteiger partial charge >= 0.3 is 33.6 Å². The predicted molar refractivity (Wildman–Crippen MR) is 381 cm³/mol. The zero-order valence-corrected chi connectivity index (χ0v) is 60.5. The van der Waals surface area contributed by atoms with Gasteiger partial charge in [0, 0.05) is 19.3 Å². The highest BCUT2D eigenvalue weighted by Crippen LogP contribution is 2.45. The van der Waals surface area contributed by atoms with E-state index >= 15 is 0 Å². The van der Waals surface area contributed by atoms with E-state index in [1.807, 2.05) is 0 Å². The van der Waals surface area contributed by atoms with Gasteiger partial charge in [-0.3, -0.25) is 32.5 Å². The Bertz CT molecular complexity index is 2040. The maximum Gasteiger partial charge on any atom is 0.472 e. The molecule has 0 amide bonds. The maximum atomic E-state index is 12.9. The first-order chi connectivity index (χ1) is 45.2. The molecule has 0 radical (unpaired) electrons. The molecule has 5 atom stereocenters. The lowest BCUT2D eigenvalue weighted by Crippen LogP contribution is -2.30. The predicted octanol–water partition coefficient (Wildman–Crippen LogP) is 20.9. The van der Waals surface area contributed by atoms with E-state index in [2.05, 4.69) is 106 Å². The minimum atomic E-state index is -4.92. The zero-order chi connectivity index (χ0) is 68.1. The quantitative estimate of drug-likeness (QED) is 0.0146. The number of aliphatic hydroxyl groups is 2. The highest BCUT2D eigenvalue weighted by Gasteiger charge is 2.29. The van der Waals surface area contributed by atoms with Gasteiger partial charge in [0.25, 0.3) is 0 Å². The van der Waals surface area contributed by atoms with Crippen molar-refractivity contribution < 1.29 is 75.8 Å². The molecule has 0 aromatic rings. The first-order valence-corrected chi connectivity index (χ1v) is 39.9. The fourth-order valence-corrected chi connectivity index (χ4v) is 11.5. The summed E-state index contributed by atoms with van der Waals surface area (Å²) in [5, 5.41) is 20.6. The molecule has 5 unspecified atom stereocenters. The summed E-state index contributed by atoms with van der Waals surface area (Å²) in [4.78, 5) is 58.4. The van der Waals surface area contributed by atoms with Crippen molar-refractivity contribution >= 4 is 33.6 Å². The monoisotopic (exact) mass is 1350 g/mol. The Hall–Kier alpha value is -3.27. The van der Waals surface area contributed by atoms with Crippen molar-refractivity contribution in [3.8, 4) is 0 Å². The second-order valence-electron chi connectivity index (χ2n) is 24.7. The average Bonchev–Trinajstić information content (AvgIpc) is 2.94. The molecule has 0 fully saturated rings. The summed E-state index contributed by atoms with van der Waals surface area (Å²) in [6.45, 7) is 2.62. The first-order valence-electron chi connectivity index (χ1n) is 36.9. The number of carbonyl (C=O) groups is 3. The number of rotatable bonds is 70. The van der Waals surface area contributed by atoms with E-state index in [1.54, 1.807) is 0 Å². The highest BCUT2D eigenvalue weighted by atomic mass is 31.2. The fraction of sp³-hybridized carbons (Fsp3) is 0.773. The summed E-state index contributed by atoms with van der Waals surface area (Å²) in [7, 11) is -9.77. The normalized spacial score (nSPS) is 14.6. The van der Waals surface area contributed by atoms with Crippen LogP contribution in [0.25, 0.3) is 0 Å². The molecule has 0 aliphatic rings. The molecule has 0 aromatic carbocycles. The molecule has 0 aromatic heterocycles. The number of ether oxygens (including phenoxy) is 3. The number of carbonyl (C=O) groups excluding carboxylic acids is 3. The number of phosphoric acid groups is 2. The number of aliphatic hydroxyl groups excluding tert-OH is 2. The standard InChI is InChI=1S/C75H134O16P2/c1-4-7-10-13-16-19-22-24-26-28-30-31-32-33-34-35-36-37-39-41-42-44-47-49-52-55-58-61-73(78)85-64-70(76)65-87-92(81,82)88-66-71(77)67-89-93(83,84)90-69-72(91-75(80)63-60-57-54-51-46-21-18-15-12-9-6-3)68-86-74(79)62-59-56-53-50-48-45-43-40-38-29-27-25-23-20-17-14-11-8-5-2/h16-17,19-20,24-27,30-31,33-34,38,40,70-72,76-77H,4-15,18,21-23,28-29,32,35-37,39,41-69H2,1-3H3,(H,81,82)(H,83,84)/b19-16-,20-17-,26-24-,27-25-,31-30-,34-33-,40-38-. The van der Waals surface area contributed by atoms with Gasteiger partial charge in [0.05, 0.1) is 26.4 Å². The molecule has 0 heterocycles. The molecule has 0 aliphatic heterocycles. The van der Waals surface area contributed by atoms with Gasteiger partial charge in [-0.15, -0.1) is 0 Å². The van der Waals surface area contributed by atoms with Gasteiger partial charge in [-0.1, -0.05) is 279 Å². The molecule has 18 heteroatoms. The van der Waals surface area contributed by atoms with E-state index in [0.717, 1.165) is 128 Å². The van der Waals surface area contributed by atoms with E-state index in [9.17, 15) is 43.5 Å². The summed E-state index contributed by atoms with van der Waals surface area (Å²) in [5.41, 5.74) is 0. The number of allylic oxidation sites excluding steroid dienone is 14. The Balaban J connectivity index is 4.47. The van der Waals surface area contributed by atoms with Gasteiger partial charge in [0.15, 0.2) is 6.10 Å². The summed E-state index contributed by atoms with van der Waals surface area (Å²) in [5.74, 6) is -1.58. The Labute approximate surface area is 565 Å². The lowest BCUT2D eigenvalue weighted by atomic mass is 10.0. The van der Waals surface area contributed by atoms with Crippen LogP contribution in [0.15, 0.2) is 85.1 Å². The molecular weight excluding hydrogens is 1220 g/mol. The maximum absolute atomic E-state index is 12.9. The molecule has 0 saturated heterocycles. The van der Waals surface area contributed by atoms with Gasteiger partial charge in [-0.2, -0.15) is 0 Å². The minimum absolute atomic E-state index is 0.105. The minimum Gasteiger partial charge on any atom is -0.463 e. The van der Waals surface area contributed by atoms with Crippen LogP contribution in [-0.4, -0.2) is 95.9 Å². The van der Waals surface area contributed by atoms with Crippen LogP contribution in [0.2, 0.25) is 0 Å². The molecule has 0 rings (SSSR count). The number of unbranched alkanes of at least 4 members (excludes halogenated alkanes) is 33. The lowest BCUT2D eigenvalue weighted by molar-refractivity contribution is -0.161. The van der Waals surface area contributed by atoms with Crippen molar-refractivity contribution in [3.63, 3.8) is 0 Å². The Morgan fingerprint density at radius 3 is 0.871 bits per heavy atom. The molecule has 540 valence electrons. The van der Waals surface area contributed by atoms with Crippen LogP contribution in [0.5, 0.6) is 0 Å². The lowest BCUT2D eigenvalue weighted by Gasteiger charge is -2.21. The molecule has 0 aliphatic carbocycles. The third-order valence-corrected chi connectivity index (χ3v) is 17.5. The molecule has 4 N–H and O–H groups in total. The highest BCUT2D eigenvalue weighted by molar-refractivity contribution is 7.47. The van der Waals surface area contributed by atoms with Crippen LogP contribution < -0.4 is 0 Å². The number of hydrogen-bond acceptors (Lipinski definition) is 14. The Morgan fingerprint density at radius 2 is 0.538 bits per heavy atom. The average molecular weight is 1350 g/mol. The Morgan fingerprint density at radius 1 is 0.301 bits per heavy atom. The largest absolute Gasteiger partial charge is 0.472 e. The zero-order valence-electron chi connectivity index (χ0n) is 58.7. The second-order valence-corrected chi connectivity index (χ2v) is 27.7. The number of hydrogen-bond donors (Lipinski definition) is 4. The van der Waals surface area contributed by atoms with Crippen LogP contribution in [0.1, 0.15) is 316 Å². The number of esters is 3.